The highest BCUT2D eigenvalue weighted by Gasteiger charge is 2.16. The van der Waals surface area contributed by atoms with Crippen LogP contribution in [0.25, 0.3) is 0 Å². The predicted octanol–water partition coefficient (Wildman–Crippen LogP) is 1.73. The number of hydrogen-bond acceptors (Lipinski definition) is 3. The van der Waals surface area contributed by atoms with Gasteiger partial charge in [0.25, 0.3) is 0 Å². The fraction of sp³-hybridized carbons (Fsp3) is 0.462. The van der Waals surface area contributed by atoms with E-state index in [1.165, 1.54) is 11.1 Å². The molecule has 4 heteroatoms. The molecule has 0 radical (unpaired) electrons. The lowest BCUT2D eigenvalue weighted by molar-refractivity contribution is 0.261. The minimum atomic E-state index is 0.602. The first-order valence-corrected chi connectivity index (χ1v) is 6.26. The van der Waals surface area contributed by atoms with Gasteiger partial charge in [0.1, 0.15) is 5.75 Å². The largest absolute Gasteiger partial charge is 0.497 e. The van der Waals surface area contributed by atoms with Gasteiger partial charge in [-0.05, 0) is 29.7 Å². The van der Waals surface area contributed by atoms with Crippen molar-refractivity contribution in [3.05, 3.63) is 29.3 Å². The Morgan fingerprint density at radius 2 is 2.29 bits per heavy atom. The number of rotatable bonds is 4. The molecule has 1 aromatic rings. The number of methoxy groups -OCH3 is 1. The molecule has 0 bridgehead atoms. The van der Waals surface area contributed by atoms with Gasteiger partial charge in [0.15, 0.2) is 0 Å². The summed E-state index contributed by atoms with van der Waals surface area (Å²) in [6, 6.07) is 6.32. The van der Waals surface area contributed by atoms with Gasteiger partial charge >= 0.3 is 0 Å². The Hall–Kier alpha value is -1.13. The zero-order chi connectivity index (χ0) is 12.3. The van der Waals surface area contributed by atoms with Crippen LogP contribution in [0.2, 0.25) is 0 Å². The Balaban J connectivity index is 2.01. The average Bonchev–Trinajstić information content (AvgIpc) is 2.35. The first kappa shape index (κ1) is 12.3. The molecule has 1 aromatic carbocycles. The van der Waals surface area contributed by atoms with Crippen LogP contribution in [0.5, 0.6) is 5.75 Å². The third-order valence-electron chi connectivity index (χ3n) is 3.18. The molecule has 3 nitrogen and oxygen atoms in total. The van der Waals surface area contributed by atoms with Crippen LogP contribution in [-0.2, 0) is 13.0 Å². The van der Waals surface area contributed by atoms with Gasteiger partial charge in [-0.15, -0.1) is 0 Å². The molecule has 0 fully saturated rings. The van der Waals surface area contributed by atoms with Crippen molar-refractivity contribution in [1.29, 1.82) is 0 Å². The summed E-state index contributed by atoms with van der Waals surface area (Å²) < 4.78 is 5.24. The van der Waals surface area contributed by atoms with Crippen molar-refractivity contribution in [2.75, 3.05) is 20.2 Å². The second-order valence-electron chi connectivity index (χ2n) is 4.38. The van der Waals surface area contributed by atoms with Crippen molar-refractivity contribution in [2.24, 2.45) is 5.73 Å². The van der Waals surface area contributed by atoms with E-state index in [0.29, 0.717) is 4.99 Å². The molecule has 2 N–H and O–H groups in total. The molecule has 1 heterocycles. The molecule has 0 unspecified atom stereocenters. The molecule has 2 rings (SSSR count). The van der Waals surface area contributed by atoms with Gasteiger partial charge in [-0.1, -0.05) is 18.3 Å². The summed E-state index contributed by atoms with van der Waals surface area (Å²) in [4.78, 5) is 3.00. The van der Waals surface area contributed by atoms with Gasteiger partial charge in [0.05, 0.1) is 12.1 Å². The summed E-state index contributed by atoms with van der Waals surface area (Å²) in [5.41, 5.74) is 8.32. The Labute approximate surface area is 108 Å². The SMILES string of the molecule is COc1ccc2c(c1)CCN(CCC(N)=S)C2. The molecule has 0 amide bonds. The number of ether oxygens (including phenoxy) is 1. The zero-order valence-corrected chi connectivity index (χ0v) is 10.9. The zero-order valence-electron chi connectivity index (χ0n) is 10.1. The minimum Gasteiger partial charge on any atom is -0.497 e. The fourth-order valence-corrected chi connectivity index (χ4v) is 2.27. The van der Waals surface area contributed by atoms with E-state index >= 15 is 0 Å². The topological polar surface area (TPSA) is 38.5 Å². The molecule has 0 atom stereocenters. The van der Waals surface area contributed by atoms with E-state index in [4.69, 9.17) is 22.7 Å². The fourth-order valence-electron chi connectivity index (χ4n) is 2.17. The molecule has 1 aliphatic rings. The smallest absolute Gasteiger partial charge is 0.119 e. The first-order chi connectivity index (χ1) is 8.19. The highest BCUT2D eigenvalue weighted by atomic mass is 32.1. The van der Waals surface area contributed by atoms with Crippen LogP contribution < -0.4 is 10.5 Å². The van der Waals surface area contributed by atoms with Crippen LogP contribution in [0.3, 0.4) is 0 Å². The monoisotopic (exact) mass is 250 g/mol. The molecular weight excluding hydrogens is 232 g/mol. The lowest BCUT2D eigenvalue weighted by atomic mass is 9.99. The third-order valence-corrected chi connectivity index (χ3v) is 3.38. The van der Waals surface area contributed by atoms with Crippen molar-refractivity contribution >= 4 is 17.2 Å². The molecular formula is C13H18N2OS. The predicted molar refractivity (Wildman–Crippen MR) is 73.4 cm³/mol. The molecule has 17 heavy (non-hydrogen) atoms. The van der Waals surface area contributed by atoms with Crippen molar-refractivity contribution in [3.8, 4) is 5.75 Å². The van der Waals surface area contributed by atoms with E-state index in [0.717, 1.165) is 38.2 Å². The second kappa shape index (κ2) is 5.47. The van der Waals surface area contributed by atoms with Crippen molar-refractivity contribution in [3.63, 3.8) is 0 Å². The molecule has 0 saturated carbocycles. The Kier molecular flexibility index (Phi) is 3.97. The Morgan fingerprint density at radius 1 is 1.47 bits per heavy atom. The Morgan fingerprint density at radius 3 is 3.00 bits per heavy atom. The van der Waals surface area contributed by atoms with Gasteiger partial charge in [-0.3, -0.25) is 4.90 Å². The van der Waals surface area contributed by atoms with E-state index in [1.54, 1.807) is 7.11 Å². The lowest BCUT2D eigenvalue weighted by Gasteiger charge is -2.28. The van der Waals surface area contributed by atoms with E-state index in [2.05, 4.69) is 17.0 Å². The minimum absolute atomic E-state index is 0.602. The summed E-state index contributed by atoms with van der Waals surface area (Å²) in [5, 5.41) is 0. The molecule has 0 spiro atoms. The van der Waals surface area contributed by atoms with Crippen LogP contribution >= 0.6 is 12.2 Å². The Bertz CT molecular complexity index is 420. The quantitative estimate of drug-likeness (QED) is 0.826. The van der Waals surface area contributed by atoms with Crippen molar-refractivity contribution in [2.45, 2.75) is 19.4 Å². The maximum Gasteiger partial charge on any atom is 0.119 e. The molecule has 1 aliphatic heterocycles. The standard InChI is InChI=1S/C13H18N2OS/c1-16-12-3-2-11-9-15(7-5-13(14)17)6-4-10(11)8-12/h2-3,8H,4-7,9H2,1H3,(H2,14,17). The summed E-state index contributed by atoms with van der Waals surface area (Å²) in [6.07, 6.45) is 1.88. The van der Waals surface area contributed by atoms with Crippen LogP contribution in [0.1, 0.15) is 17.5 Å². The van der Waals surface area contributed by atoms with E-state index < -0.39 is 0 Å². The van der Waals surface area contributed by atoms with E-state index in [9.17, 15) is 0 Å². The lowest BCUT2D eigenvalue weighted by Crippen LogP contribution is -2.33. The third kappa shape index (κ3) is 3.17. The van der Waals surface area contributed by atoms with Gasteiger partial charge in [-0.2, -0.15) is 0 Å². The van der Waals surface area contributed by atoms with Crippen LogP contribution in [0.15, 0.2) is 18.2 Å². The van der Waals surface area contributed by atoms with Gasteiger partial charge in [0.2, 0.25) is 0 Å². The molecule has 0 aliphatic carbocycles. The maximum atomic E-state index is 5.53. The first-order valence-electron chi connectivity index (χ1n) is 5.85. The number of thiocarbonyl (C=S) groups is 1. The summed E-state index contributed by atoms with van der Waals surface area (Å²) in [6.45, 7) is 3.02. The van der Waals surface area contributed by atoms with E-state index in [-0.39, 0.29) is 0 Å². The summed E-state index contributed by atoms with van der Waals surface area (Å²) in [5.74, 6) is 0.945. The normalized spacial score (nSPS) is 15.4. The van der Waals surface area contributed by atoms with E-state index in [1.807, 2.05) is 6.07 Å². The van der Waals surface area contributed by atoms with Gasteiger partial charge in [-0.25, -0.2) is 0 Å². The molecule has 0 saturated heterocycles. The molecule has 92 valence electrons. The van der Waals surface area contributed by atoms with Gasteiger partial charge < -0.3 is 10.5 Å². The average molecular weight is 250 g/mol. The highest BCUT2D eigenvalue weighted by molar-refractivity contribution is 7.80. The van der Waals surface area contributed by atoms with Gasteiger partial charge in [0, 0.05) is 26.1 Å². The molecule has 0 aromatic heterocycles. The summed E-state index contributed by atoms with van der Waals surface area (Å²) in [7, 11) is 1.71. The van der Waals surface area contributed by atoms with Crippen LogP contribution in [-0.4, -0.2) is 30.1 Å². The number of nitrogens with zero attached hydrogens (tertiary/aromatic N) is 1. The number of fused-ring (bicyclic) bond motifs is 1. The van der Waals surface area contributed by atoms with Crippen molar-refractivity contribution < 1.29 is 4.74 Å². The number of benzene rings is 1. The highest BCUT2D eigenvalue weighted by Crippen LogP contribution is 2.23. The van der Waals surface area contributed by atoms with Crippen LogP contribution in [0, 0.1) is 0 Å². The maximum absolute atomic E-state index is 5.53. The second-order valence-corrected chi connectivity index (χ2v) is 4.90. The van der Waals surface area contributed by atoms with Crippen molar-refractivity contribution in [1.82, 2.24) is 4.90 Å². The number of hydrogen-bond donors (Lipinski definition) is 1. The van der Waals surface area contributed by atoms with Crippen LogP contribution in [0.4, 0.5) is 0 Å². The summed E-state index contributed by atoms with van der Waals surface area (Å²) >= 11 is 4.91. The number of nitrogens with two attached hydrogens (primary N) is 1.